The number of carboxylic acid groups (broad SMARTS) is 1. The normalized spacial score (nSPS) is 9.64. The molecule has 3 aromatic carbocycles. The Hall–Kier alpha value is -2.56. The highest BCUT2D eigenvalue weighted by Gasteiger charge is 2.12. The largest absolute Gasteiger partial charge is 0.475 e. The van der Waals surface area contributed by atoms with Gasteiger partial charge in [-0.15, -0.1) is 0 Å². The van der Waals surface area contributed by atoms with Crippen molar-refractivity contribution in [3.8, 4) is 0 Å². The molecule has 0 bridgehead atoms. The molecule has 3 aromatic rings. The van der Waals surface area contributed by atoms with E-state index in [2.05, 4.69) is 12.1 Å². The van der Waals surface area contributed by atoms with Gasteiger partial charge in [0, 0.05) is 20.4 Å². The Morgan fingerprint density at radius 3 is 1.72 bits per heavy atom. The van der Waals surface area contributed by atoms with E-state index in [9.17, 15) is 9.59 Å². The maximum atomic E-state index is 10.7. The van der Waals surface area contributed by atoms with Crippen molar-refractivity contribution in [1.82, 2.24) is 0 Å². The second-order valence-electron chi connectivity index (χ2n) is 4.87. The number of carbonyl (C=O) groups excluding carboxylic acids is 1. The lowest BCUT2D eigenvalue weighted by Crippen LogP contribution is -2.12. The predicted octanol–water partition coefficient (Wildman–Crippen LogP) is 5.45. The van der Waals surface area contributed by atoms with E-state index in [4.69, 9.17) is 16.7 Å². The average molecular weight is 371 g/mol. The van der Waals surface area contributed by atoms with E-state index in [0.717, 1.165) is 5.02 Å². The molecule has 0 heterocycles. The molecule has 1 N–H and O–H groups in total. The molecule has 0 aromatic heterocycles. The van der Waals surface area contributed by atoms with Crippen molar-refractivity contribution in [1.29, 1.82) is 0 Å². The van der Waals surface area contributed by atoms with Gasteiger partial charge in [0.25, 0.3) is 5.78 Å². The molecular weight excluding hydrogens is 356 g/mol. The van der Waals surface area contributed by atoms with E-state index in [1.165, 1.54) is 21.9 Å². The van der Waals surface area contributed by atoms with Crippen molar-refractivity contribution in [2.75, 3.05) is 0 Å². The minimum atomic E-state index is -1.42. The zero-order valence-electron chi connectivity index (χ0n) is 13.1. The van der Waals surface area contributed by atoms with E-state index in [1.54, 1.807) is 30.0 Å². The van der Waals surface area contributed by atoms with Gasteiger partial charge in [0.15, 0.2) is 0 Å². The number of halogens is 1. The standard InChI is InChI=1S/C12H9ClS.C8H6O3/c13-10-6-8-12(9-7-10)14-11-4-2-1-3-5-11;9-7(8(10)11)6-4-2-1-3-5-6/h1-9H;1-5H,(H,10,11). The molecule has 0 aliphatic carbocycles. The first kappa shape index (κ1) is 18.8. The molecule has 0 aliphatic heterocycles. The topological polar surface area (TPSA) is 54.4 Å². The van der Waals surface area contributed by atoms with Gasteiger partial charge in [0.1, 0.15) is 0 Å². The van der Waals surface area contributed by atoms with Crippen molar-refractivity contribution >= 4 is 35.1 Å². The summed E-state index contributed by atoms with van der Waals surface area (Å²) >= 11 is 7.54. The zero-order valence-corrected chi connectivity index (χ0v) is 14.7. The molecular formula is C20H15ClO3S. The molecule has 0 amide bonds. The van der Waals surface area contributed by atoms with Gasteiger partial charge < -0.3 is 5.11 Å². The number of carboxylic acids is 1. The maximum Gasteiger partial charge on any atom is 0.377 e. The highest BCUT2D eigenvalue weighted by Crippen LogP contribution is 2.27. The van der Waals surface area contributed by atoms with Gasteiger partial charge in [-0.05, 0) is 36.4 Å². The third-order valence-electron chi connectivity index (χ3n) is 3.02. The van der Waals surface area contributed by atoms with Crippen LogP contribution in [0.25, 0.3) is 0 Å². The van der Waals surface area contributed by atoms with Crippen LogP contribution >= 0.6 is 23.4 Å². The summed E-state index contributed by atoms with van der Waals surface area (Å²) < 4.78 is 0. The second-order valence-corrected chi connectivity index (χ2v) is 6.45. The molecule has 3 nitrogen and oxygen atoms in total. The SMILES string of the molecule is Clc1ccc(Sc2ccccc2)cc1.O=C(O)C(=O)c1ccccc1. The number of benzene rings is 3. The minimum absolute atomic E-state index is 0.208. The molecule has 25 heavy (non-hydrogen) atoms. The van der Waals surface area contributed by atoms with Crippen molar-refractivity contribution in [3.05, 3.63) is 95.5 Å². The summed E-state index contributed by atoms with van der Waals surface area (Å²) in [6.45, 7) is 0. The number of aliphatic carboxylic acids is 1. The molecule has 0 atom stereocenters. The van der Waals surface area contributed by atoms with Crippen LogP contribution in [0.5, 0.6) is 0 Å². The Balaban J connectivity index is 0.000000186. The third kappa shape index (κ3) is 6.45. The summed E-state index contributed by atoms with van der Waals surface area (Å²) in [6.07, 6.45) is 0. The average Bonchev–Trinajstić information content (AvgIpc) is 2.65. The van der Waals surface area contributed by atoms with Crippen LogP contribution in [-0.2, 0) is 4.79 Å². The van der Waals surface area contributed by atoms with Crippen LogP contribution in [0.1, 0.15) is 10.4 Å². The summed E-state index contributed by atoms with van der Waals surface area (Å²) in [5.74, 6) is -2.29. The Kier molecular flexibility index (Phi) is 7.26. The molecule has 0 saturated carbocycles. The van der Waals surface area contributed by atoms with Crippen LogP contribution in [0.3, 0.4) is 0 Å². The summed E-state index contributed by atoms with van der Waals surface area (Å²) in [5, 5.41) is 9.07. The van der Waals surface area contributed by atoms with Gasteiger partial charge in [-0.1, -0.05) is 71.9 Å². The van der Waals surface area contributed by atoms with E-state index in [1.807, 2.05) is 42.5 Å². The number of Topliss-reactive ketones (excluding diaryl/α,β-unsaturated/α-hetero) is 1. The monoisotopic (exact) mass is 370 g/mol. The van der Waals surface area contributed by atoms with Crippen molar-refractivity contribution in [2.24, 2.45) is 0 Å². The fraction of sp³-hybridized carbons (Fsp3) is 0. The fourth-order valence-electron chi connectivity index (χ4n) is 1.84. The Morgan fingerprint density at radius 2 is 1.20 bits per heavy atom. The Bertz CT molecular complexity index is 819. The first-order valence-corrected chi connectivity index (χ1v) is 8.57. The van der Waals surface area contributed by atoms with Gasteiger partial charge in [-0.3, -0.25) is 4.79 Å². The first-order chi connectivity index (χ1) is 12.1. The van der Waals surface area contributed by atoms with Crippen LogP contribution in [-0.4, -0.2) is 16.9 Å². The van der Waals surface area contributed by atoms with E-state index in [0.29, 0.717) is 0 Å². The molecule has 3 rings (SSSR count). The molecule has 0 aliphatic rings. The summed E-state index contributed by atoms with van der Waals surface area (Å²) in [7, 11) is 0. The van der Waals surface area contributed by atoms with Crippen molar-refractivity contribution < 1.29 is 14.7 Å². The second kappa shape index (κ2) is 9.67. The van der Waals surface area contributed by atoms with Crippen LogP contribution in [0.2, 0.25) is 5.02 Å². The molecule has 0 radical (unpaired) electrons. The first-order valence-electron chi connectivity index (χ1n) is 7.37. The lowest BCUT2D eigenvalue weighted by atomic mass is 10.1. The van der Waals surface area contributed by atoms with Gasteiger partial charge in [-0.2, -0.15) is 0 Å². The zero-order chi connectivity index (χ0) is 18.1. The summed E-state index contributed by atoms with van der Waals surface area (Å²) in [6, 6.07) is 26.1. The van der Waals surface area contributed by atoms with Gasteiger partial charge in [0.05, 0.1) is 0 Å². The number of hydrogen-bond acceptors (Lipinski definition) is 3. The lowest BCUT2D eigenvalue weighted by molar-refractivity contribution is -0.131. The Morgan fingerprint density at radius 1 is 0.720 bits per heavy atom. The number of carbonyl (C=O) groups is 2. The van der Waals surface area contributed by atoms with Crippen molar-refractivity contribution in [2.45, 2.75) is 9.79 Å². The minimum Gasteiger partial charge on any atom is -0.475 e. The summed E-state index contributed by atoms with van der Waals surface area (Å²) in [5.41, 5.74) is 0.208. The van der Waals surface area contributed by atoms with Crippen LogP contribution in [0.4, 0.5) is 0 Å². The van der Waals surface area contributed by atoms with E-state index in [-0.39, 0.29) is 5.56 Å². The van der Waals surface area contributed by atoms with E-state index >= 15 is 0 Å². The smallest absolute Gasteiger partial charge is 0.377 e. The predicted molar refractivity (Wildman–Crippen MR) is 100 cm³/mol. The van der Waals surface area contributed by atoms with E-state index < -0.39 is 11.8 Å². The van der Waals surface area contributed by atoms with Crippen LogP contribution < -0.4 is 0 Å². The lowest BCUT2D eigenvalue weighted by Gasteiger charge is -2.00. The molecule has 5 heteroatoms. The molecule has 0 fully saturated rings. The highest BCUT2D eigenvalue weighted by atomic mass is 35.5. The molecule has 0 saturated heterocycles. The number of rotatable bonds is 4. The summed E-state index contributed by atoms with van der Waals surface area (Å²) in [4.78, 5) is 23.3. The van der Waals surface area contributed by atoms with Crippen molar-refractivity contribution in [3.63, 3.8) is 0 Å². The van der Waals surface area contributed by atoms with Crippen LogP contribution in [0, 0.1) is 0 Å². The fourth-order valence-corrected chi connectivity index (χ4v) is 2.80. The Labute approximate surface area is 155 Å². The maximum absolute atomic E-state index is 10.7. The quantitative estimate of drug-likeness (QED) is 0.490. The highest BCUT2D eigenvalue weighted by molar-refractivity contribution is 7.99. The van der Waals surface area contributed by atoms with Gasteiger partial charge >= 0.3 is 5.97 Å². The van der Waals surface area contributed by atoms with Crippen LogP contribution in [0.15, 0.2) is 94.7 Å². The number of ketones is 1. The molecule has 0 unspecified atom stereocenters. The van der Waals surface area contributed by atoms with Gasteiger partial charge in [0.2, 0.25) is 0 Å². The molecule has 126 valence electrons. The molecule has 0 spiro atoms. The van der Waals surface area contributed by atoms with Gasteiger partial charge in [-0.25, -0.2) is 4.79 Å². The third-order valence-corrected chi connectivity index (χ3v) is 4.29. The number of hydrogen-bond donors (Lipinski definition) is 1.